The Hall–Kier alpha value is -1.73. The highest BCUT2D eigenvalue weighted by Crippen LogP contribution is 2.43. The summed E-state index contributed by atoms with van der Waals surface area (Å²) in [6, 6.07) is 0. The van der Waals surface area contributed by atoms with Crippen LogP contribution in [0.15, 0.2) is 23.3 Å². The van der Waals surface area contributed by atoms with Crippen LogP contribution in [0.25, 0.3) is 0 Å². The zero-order valence-corrected chi connectivity index (χ0v) is 24.5. The lowest BCUT2D eigenvalue weighted by Gasteiger charge is -2.41. The highest BCUT2D eigenvalue weighted by molar-refractivity contribution is 6.74. The van der Waals surface area contributed by atoms with Gasteiger partial charge in [-0.15, -0.1) is 0 Å². The molecule has 2 aliphatic carbocycles. The van der Waals surface area contributed by atoms with Crippen molar-refractivity contribution < 1.29 is 28.3 Å². The van der Waals surface area contributed by atoms with Crippen molar-refractivity contribution in [3.8, 4) is 0 Å². The summed E-state index contributed by atoms with van der Waals surface area (Å²) in [5, 5.41) is 0.0703. The number of cyclic esters (lactones) is 1. The van der Waals surface area contributed by atoms with Crippen molar-refractivity contribution >= 4 is 26.0 Å². The number of ketones is 1. The zero-order chi connectivity index (χ0) is 26.8. The molecule has 2 unspecified atom stereocenters. The minimum atomic E-state index is -2.00. The Morgan fingerprint density at radius 3 is 2.56 bits per heavy atom. The summed E-state index contributed by atoms with van der Waals surface area (Å²) < 4.78 is 18.3. The number of allylic oxidation sites excluding steroid dienone is 2. The molecule has 6 nitrogen and oxygen atoms in total. The van der Waals surface area contributed by atoms with E-state index in [-0.39, 0.29) is 58.8 Å². The third kappa shape index (κ3) is 6.57. The van der Waals surface area contributed by atoms with Gasteiger partial charge in [-0.25, -0.2) is 0 Å². The normalized spacial score (nSPS) is 30.1. The first-order valence-electron chi connectivity index (χ1n) is 13.7. The van der Waals surface area contributed by atoms with Gasteiger partial charge in [-0.05, 0) is 54.5 Å². The summed E-state index contributed by atoms with van der Waals surface area (Å²) in [6.07, 6.45) is 7.49. The Morgan fingerprint density at radius 2 is 1.92 bits per heavy atom. The molecule has 1 saturated heterocycles. The molecular weight excluding hydrogens is 472 g/mol. The van der Waals surface area contributed by atoms with Crippen LogP contribution < -0.4 is 0 Å². The quantitative estimate of drug-likeness (QED) is 0.277. The van der Waals surface area contributed by atoms with Crippen LogP contribution in [0.2, 0.25) is 18.1 Å². The number of hydrogen-bond donors (Lipinski definition) is 0. The van der Waals surface area contributed by atoms with Gasteiger partial charge < -0.3 is 13.9 Å². The molecule has 0 spiro atoms. The maximum absolute atomic E-state index is 12.9. The van der Waals surface area contributed by atoms with E-state index >= 15 is 0 Å². The monoisotopic (exact) mass is 518 g/mol. The smallest absolute Gasteiger partial charge is 0.309 e. The lowest BCUT2D eigenvalue weighted by Crippen LogP contribution is -2.47. The molecular formula is C29H46O6Si. The van der Waals surface area contributed by atoms with Gasteiger partial charge in [0.1, 0.15) is 18.0 Å². The number of ether oxygens (including phenoxy) is 2. The van der Waals surface area contributed by atoms with Crippen LogP contribution in [0.5, 0.6) is 0 Å². The molecule has 0 aromatic carbocycles. The summed E-state index contributed by atoms with van der Waals surface area (Å²) in [6.45, 7) is 16.9. The molecule has 0 N–H and O–H groups in total. The van der Waals surface area contributed by atoms with Crippen molar-refractivity contribution in [1.82, 2.24) is 0 Å². The highest BCUT2D eigenvalue weighted by atomic mass is 28.4. The van der Waals surface area contributed by atoms with Crippen LogP contribution in [0.1, 0.15) is 86.5 Å². The van der Waals surface area contributed by atoms with Gasteiger partial charge in [-0.1, -0.05) is 53.7 Å². The van der Waals surface area contributed by atoms with E-state index in [1.165, 1.54) is 0 Å². The second-order valence-electron chi connectivity index (χ2n) is 12.5. The van der Waals surface area contributed by atoms with Crippen LogP contribution >= 0.6 is 0 Å². The molecule has 0 amide bonds. The number of Topliss-reactive ketones (excluding diaryl/α,β-unsaturated/α-hetero) is 1. The van der Waals surface area contributed by atoms with Crippen LogP contribution in [0, 0.1) is 17.8 Å². The number of hydrogen-bond acceptors (Lipinski definition) is 6. The largest absolute Gasteiger partial charge is 0.462 e. The lowest BCUT2D eigenvalue weighted by atomic mass is 9.69. The molecule has 0 aromatic rings. The predicted molar refractivity (Wildman–Crippen MR) is 143 cm³/mol. The fourth-order valence-electron chi connectivity index (χ4n) is 5.25. The summed E-state index contributed by atoms with van der Waals surface area (Å²) in [5.41, 5.74) is 2.09. The minimum absolute atomic E-state index is 0.0266. The zero-order valence-electron chi connectivity index (χ0n) is 23.5. The van der Waals surface area contributed by atoms with E-state index in [2.05, 4.69) is 33.9 Å². The van der Waals surface area contributed by atoms with E-state index in [9.17, 15) is 14.4 Å². The standard InChI is InChI=1S/C29H46O6Si/c1-9-18(2)28(32)34-25-12-10-11-20-15-24(30)19(3)23(27(20)25)14-13-21-16-22(17-26(31)33-21)35-36(7,8)29(4,5)6/h10-11,18-19,21-23,25H,9,12-17H2,1-8H3/t18-,19+,21?,22+,23-,25?/m0/s1. The number of carbonyl (C=O) groups excluding carboxylic acids is 3. The Bertz CT molecular complexity index is 911. The Morgan fingerprint density at radius 1 is 1.22 bits per heavy atom. The second kappa shape index (κ2) is 11.3. The van der Waals surface area contributed by atoms with Crippen LogP contribution in [-0.4, -0.2) is 44.4 Å². The maximum atomic E-state index is 12.9. The van der Waals surface area contributed by atoms with Gasteiger partial charge in [0.05, 0.1) is 18.4 Å². The minimum Gasteiger partial charge on any atom is -0.462 e. The van der Waals surface area contributed by atoms with Gasteiger partial charge in [0.15, 0.2) is 8.32 Å². The van der Waals surface area contributed by atoms with Gasteiger partial charge in [-0.2, -0.15) is 0 Å². The van der Waals surface area contributed by atoms with E-state index in [4.69, 9.17) is 13.9 Å². The van der Waals surface area contributed by atoms with Gasteiger partial charge in [0.2, 0.25) is 0 Å². The summed E-state index contributed by atoms with van der Waals surface area (Å²) in [4.78, 5) is 38.0. The average molecular weight is 519 g/mol. The molecule has 1 aliphatic heterocycles. The lowest BCUT2D eigenvalue weighted by molar-refractivity contribution is -0.160. The highest BCUT2D eigenvalue weighted by Gasteiger charge is 2.43. The first-order valence-corrected chi connectivity index (χ1v) is 16.6. The van der Waals surface area contributed by atoms with Crippen molar-refractivity contribution in [3.63, 3.8) is 0 Å². The third-order valence-corrected chi connectivity index (χ3v) is 13.4. The van der Waals surface area contributed by atoms with Gasteiger partial charge in [0, 0.05) is 25.2 Å². The topological polar surface area (TPSA) is 78.9 Å². The molecule has 0 saturated carbocycles. The van der Waals surface area contributed by atoms with E-state index in [1.807, 2.05) is 32.9 Å². The Kier molecular flexibility index (Phi) is 9.08. The van der Waals surface area contributed by atoms with Crippen molar-refractivity contribution in [1.29, 1.82) is 0 Å². The van der Waals surface area contributed by atoms with E-state index in [1.54, 1.807) is 0 Å². The third-order valence-electron chi connectivity index (χ3n) is 8.82. The van der Waals surface area contributed by atoms with Crippen LogP contribution in [0.3, 0.4) is 0 Å². The van der Waals surface area contributed by atoms with Gasteiger partial charge in [0.25, 0.3) is 0 Å². The SMILES string of the molecule is CC[C@H](C)C(=O)OC1CC=CC2=C1[C@@H](CCC1C[C@@H](O[Si](C)(C)C(C)(C)C)CC(=O)O1)[C@@H](C)C(=O)C2. The maximum Gasteiger partial charge on any atom is 0.309 e. The van der Waals surface area contributed by atoms with Crippen molar-refractivity contribution in [2.75, 3.05) is 0 Å². The molecule has 6 atom stereocenters. The number of esters is 2. The van der Waals surface area contributed by atoms with Gasteiger partial charge in [-0.3, -0.25) is 14.4 Å². The molecule has 0 aromatic heterocycles. The molecule has 3 rings (SSSR count). The van der Waals surface area contributed by atoms with Crippen molar-refractivity contribution in [2.24, 2.45) is 17.8 Å². The Labute approximate surface area is 218 Å². The molecule has 7 heteroatoms. The van der Waals surface area contributed by atoms with Crippen molar-refractivity contribution in [2.45, 2.75) is 123 Å². The first-order chi connectivity index (χ1) is 16.7. The Balaban J connectivity index is 1.73. The summed E-state index contributed by atoms with van der Waals surface area (Å²) in [5.74, 6) is -0.499. The fraction of sp³-hybridized carbons (Fsp3) is 0.759. The second-order valence-corrected chi connectivity index (χ2v) is 17.3. The fourth-order valence-corrected chi connectivity index (χ4v) is 6.62. The van der Waals surface area contributed by atoms with Gasteiger partial charge >= 0.3 is 11.9 Å². The summed E-state index contributed by atoms with van der Waals surface area (Å²) >= 11 is 0. The number of carbonyl (C=O) groups is 3. The van der Waals surface area contributed by atoms with E-state index < -0.39 is 8.32 Å². The van der Waals surface area contributed by atoms with E-state index in [0.29, 0.717) is 38.5 Å². The average Bonchev–Trinajstić information content (AvgIpc) is 2.77. The summed E-state index contributed by atoms with van der Waals surface area (Å²) in [7, 11) is -2.00. The molecule has 1 heterocycles. The van der Waals surface area contributed by atoms with E-state index in [0.717, 1.165) is 17.6 Å². The number of rotatable bonds is 8. The molecule has 202 valence electrons. The van der Waals surface area contributed by atoms with Crippen molar-refractivity contribution in [3.05, 3.63) is 23.3 Å². The molecule has 0 bridgehead atoms. The predicted octanol–water partition coefficient (Wildman–Crippen LogP) is 6.30. The first kappa shape index (κ1) is 28.8. The molecule has 36 heavy (non-hydrogen) atoms. The molecule has 1 fully saturated rings. The van der Waals surface area contributed by atoms with Crippen LogP contribution in [0.4, 0.5) is 0 Å². The molecule has 3 aliphatic rings. The molecule has 0 radical (unpaired) electrons. The van der Waals surface area contributed by atoms with Crippen LogP contribution in [-0.2, 0) is 28.3 Å².